The summed E-state index contributed by atoms with van der Waals surface area (Å²) in [6, 6.07) is 18.8. The highest BCUT2D eigenvalue weighted by Crippen LogP contribution is 2.22. The standard InChI is InChI=1S/C27H35N5O3/c1-19(2)15-16-30(18-23(33)32(20(3)4)22-13-9-6-10-14-22)24-25(28)31(27(35)29-26(24)34)17-21-11-7-5-8-12-21/h5-14,19-20H,15-18,28H2,1-4H3,(H,29,34,35). The van der Waals surface area contributed by atoms with Gasteiger partial charge in [-0.1, -0.05) is 62.4 Å². The molecule has 0 aliphatic carbocycles. The monoisotopic (exact) mass is 477 g/mol. The molecule has 186 valence electrons. The van der Waals surface area contributed by atoms with Crippen LogP contribution >= 0.6 is 0 Å². The predicted molar refractivity (Wildman–Crippen MR) is 142 cm³/mol. The van der Waals surface area contributed by atoms with Crippen molar-refractivity contribution >= 4 is 23.1 Å². The van der Waals surface area contributed by atoms with Crippen molar-refractivity contribution in [2.45, 2.75) is 46.7 Å². The molecule has 0 bridgehead atoms. The fourth-order valence-electron chi connectivity index (χ4n) is 4.05. The average molecular weight is 478 g/mol. The van der Waals surface area contributed by atoms with E-state index in [4.69, 9.17) is 5.73 Å². The van der Waals surface area contributed by atoms with Gasteiger partial charge >= 0.3 is 5.69 Å². The molecule has 8 heteroatoms. The molecule has 0 saturated carbocycles. The summed E-state index contributed by atoms with van der Waals surface area (Å²) in [7, 11) is 0. The first-order valence-electron chi connectivity index (χ1n) is 12.0. The molecule has 0 saturated heterocycles. The van der Waals surface area contributed by atoms with Crippen molar-refractivity contribution < 1.29 is 4.79 Å². The van der Waals surface area contributed by atoms with Crippen molar-refractivity contribution in [1.29, 1.82) is 0 Å². The van der Waals surface area contributed by atoms with Crippen LogP contribution in [0.1, 0.15) is 39.7 Å². The number of nitrogens with two attached hydrogens (primary N) is 1. The molecule has 0 spiro atoms. The van der Waals surface area contributed by atoms with Crippen LogP contribution in [0.2, 0.25) is 0 Å². The van der Waals surface area contributed by atoms with Crippen molar-refractivity contribution in [1.82, 2.24) is 9.55 Å². The molecule has 1 aromatic heterocycles. The van der Waals surface area contributed by atoms with Crippen LogP contribution in [-0.4, -0.2) is 34.6 Å². The van der Waals surface area contributed by atoms with Crippen LogP contribution in [0.4, 0.5) is 17.2 Å². The lowest BCUT2D eigenvalue weighted by molar-refractivity contribution is -0.117. The number of nitrogen functional groups attached to an aromatic ring is 1. The topological polar surface area (TPSA) is 104 Å². The van der Waals surface area contributed by atoms with Crippen LogP contribution in [0.5, 0.6) is 0 Å². The Morgan fingerprint density at radius 3 is 2.14 bits per heavy atom. The van der Waals surface area contributed by atoms with Crippen LogP contribution in [0, 0.1) is 5.92 Å². The normalized spacial score (nSPS) is 11.1. The number of benzene rings is 2. The number of para-hydroxylation sites is 1. The smallest absolute Gasteiger partial charge is 0.330 e. The Balaban J connectivity index is 2.02. The molecule has 0 aliphatic heterocycles. The fraction of sp³-hybridized carbons (Fsp3) is 0.370. The molecule has 1 heterocycles. The maximum Gasteiger partial charge on any atom is 0.330 e. The number of aromatic amines is 1. The summed E-state index contributed by atoms with van der Waals surface area (Å²) in [5.74, 6) is 0.239. The van der Waals surface area contributed by atoms with Gasteiger partial charge in [-0.15, -0.1) is 0 Å². The summed E-state index contributed by atoms with van der Waals surface area (Å²) < 4.78 is 1.34. The van der Waals surface area contributed by atoms with Crippen molar-refractivity contribution in [3.8, 4) is 0 Å². The highest BCUT2D eigenvalue weighted by atomic mass is 16.2. The Labute approximate surface area is 206 Å². The number of aromatic nitrogens is 2. The largest absolute Gasteiger partial charge is 0.383 e. The molecule has 3 rings (SSSR count). The predicted octanol–water partition coefficient (Wildman–Crippen LogP) is 3.46. The number of carbonyl (C=O) groups is 1. The molecule has 0 unspecified atom stereocenters. The van der Waals surface area contributed by atoms with Crippen molar-refractivity contribution in [2.75, 3.05) is 28.6 Å². The lowest BCUT2D eigenvalue weighted by Crippen LogP contribution is -2.47. The Hall–Kier alpha value is -3.81. The van der Waals surface area contributed by atoms with Gasteiger partial charge in [-0.25, -0.2) is 4.79 Å². The number of anilines is 3. The van der Waals surface area contributed by atoms with Gasteiger partial charge in [0, 0.05) is 18.3 Å². The van der Waals surface area contributed by atoms with Gasteiger partial charge in [-0.3, -0.25) is 19.1 Å². The Kier molecular flexibility index (Phi) is 8.52. The number of hydrogen-bond acceptors (Lipinski definition) is 5. The molecule has 0 radical (unpaired) electrons. The molecule has 2 aromatic carbocycles. The van der Waals surface area contributed by atoms with Gasteiger partial charge in [-0.05, 0) is 43.9 Å². The summed E-state index contributed by atoms with van der Waals surface area (Å²) in [6.07, 6.45) is 0.747. The highest BCUT2D eigenvalue weighted by molar-refractivity contribution is 5.97. The Morgan fingerprint density at radius 1 is 0.971 bits per heavy atom. The molecule has 35 heavy (non-hydrogen) atoms. The average Bonchev–Trinajstić information content (AvgIpc) is 2.81. The first kappa shape index (κ1) is 25.8. The second-order valence-corrected chi connectivity index (χ2v) is 9.36. The number of rotatable bonds is 10. The van der Waals surface area contributed by atoms with Gasteiger partial charge in [0.15, 0.2) is 0 Å². The summed E-state index contributed by atoms with van der Waals surface area (Å²) in [4.78, 5) is 45.0. The maximum atomic E-state index is 13.5. The van der Waals surface area contributed by atoms with E-state index >= 15 is 0 Å². The Bertz CT molecular complexity index is 1230. The summed E-state index contributed by atoms with van der Waals surface area (Å²) in [6.45, 7) is 8.67. The molecule has 3 N–H and O–H groups in total. The third-order valence-electron chi connectivity index (χ3n) is 5.84. The van der Waals surface area contributed by atoms with Crippen LogP contribution in [0.15, 0.2) is 70.3 Å². The van der Waals surface area contributed by atoms with E-state index in [-0.39, 0.29) is 36.5 Å². The number of nitrogens with one attached hydrogen (secondary N) is 1. The van der Waals surface area contributed by atoms with Crippen LogP contribution in [0.25, 0.3) is 0 Å². The molecule has 8 nitrogen and oxygen atoms in total. The molecule has 0 aliphatic rings. The maximum absolute atomic E-state index is 13.5. The van der Waals surface area contributed by atoms with Crippen LogP contribution < -0.4 is 26.8 Å². The summed E-state index contributed by atoms with van der Waals surface area (Å²) in [5, 5.41) is 0. The summed E-state index contributed by atoms with van der Waals surface area (Å²) in [5.41, 5.74) is 7.07. The second kappa shape index (κ2) is 11.6. The van der Waals surface area contributed by atoms with E-state index in [2.05, 4.69) is 18.8 Å². The molecule has 1 amide bonds. The number of hydrogen-bond donors (Lipinski definition) is 2. The van der Waals surface area contributed by atoms with E-state index in [0.29, 0.717) is 12.5 Å². The number of nitrogens with zero attached hydrogens (tertiary/aromatic N) is 3. The number of carbonyl (C=O) groups excluding carboxylic acids is 1. The Morgan fingerprint density at radius 2 is 1.57 bits per heavy atom. The molecule has 0 fully saturated rings. The van der Waals surface area contributed by atoms with Gasteiger partial charge in [0.05, 0.1) is 13.1 Å². The number of amides is 1. The van der Waals surface area contributed by atoms with Gasteiger partial charge in [0.1, 0.15) is 11.5 Å². The minimum absolute atomic E-state index is 0.0450. The van der Waals surface area contributed by atoms with Gasteiger partial charge in [0.2, 0.25) is 5.91 Å². The molecular weight excluding hydrogens is 442 g/mol. The second-order valence-electron chi connectivity index (χ2n) is 9.36. The zero-order valence-electron chi connectivity index (χ0n) is 20.9. The summed E-state index contributed by atoms with van der Waals surface area (Å²) >= 11 is 0. The van der Waals surface area contributed by atoms with Crippen LogP contribution in [0.3, 0.4) is 0 Å². The van der Waals surface area contributed by atoms with Gasteiger partial charge in [-0.2, -0.15) is 0 Å². The lowest BCUT2D eigenvalue weighted by atomic mass is 10.1. The minimum Gasteiger partial charge on any atom is -0.383 e. The molecule has 3 aromatic rings. The van der Waals surface area contributed by atoms with Crippen molar-refractivity contribution in [3.05, 3.63) is 87.1 Å². The van der Waals surface area contributed by atoms with Crippen molar-refractivity contribution in [3.63, 3.8) is 0 Å². The van der Waals surface area contributed by atoms with Crippen molar-refractivity contribution in [2.24, 2.45) is 5.92 Å². The van der Waals surface area contributed by atoms with E-state index in [1.165, 1.54) is 4.57 Å². The van der Waals surface area contributed by atoms with E-state index in [1.54, 1.807) is 9.80 Å². The van der Waals surface area contributed by atoms with Gasteiger partial charge in [0.25, 0.3) is 5.56 Å². The highest BCUT2D eigenvalue weighted by Gasteiger charge is 2.26. The van der Waals surface area contributed by atoms with E-state index < -0.39 is 11.2 Å². The van der Waals surface area contributed by atoms with E-state index in [9.17, 15) is 14.4 Å². The zero-order valence-corrected chi connectivity index (χ0v) is 20.9. The van der Waals surface area contributed by atoms with Gasteiger partial charge < -0.3 is 15.5 Å². The van der Waals surface area contributed by atoms with Crippen LogP contribution in [-0.2, 0) is 11.3 Å². The fourth-order valence-corrected chi connectivity index (χ4v) is 4.05. The first-order chi connectivity index (χ1) is 16.7. The molecule has 0 atom stereocenters. The zero-order chi connectivity index (χ0) is 25.5. The third kappa shape index (κ3) is 6.41. The SMILES string of the molecule is CC(C)CCN(CC(=O)N(c1ccccc1)C(C)C)c1c(N)n(Cc2ccccc2)c(=O)[nH]c1=O. The van der Waals surface area contributed by atoms with E-state index in [1.807, 2.05) is 74.5 Å². The lowest BCUT2D eigenvalue weighted by Gasteiger charge is -2.32. The molecular formula is C27H35N5O3. The quantitative estimate of drug-likeness (QED) is 0.465. The minimum atomic E-state index is -0.593. The number of H-pyrrole nitrogens is 1. The third-order valence-corrected chi connectivity index (χ3v) is 5.84. The van der Waals surface area contributed by atoms with E-state index in [0.717, 1.165) is 17.7 Å². The first-order valence-corrected chi connectivity index (χ1v) is 12.0.